The fraction of sp³-hybridized carbons (Fsp3) is 0.150. The van der Waals surface area contributed by atoms with Gasteiger partial charge in [0.25, 0.3) is 0 Å². The van der Waals surface area contributed by atoms with E-state index in [1.807, 2.05) is 0 Å². The summed E-state index contributed by atoms with van der Waals surface area (Å²) in [6.45, 7) is 0. The van der Waals surface area contributed by atoms with Crippen LogP contribution in [0.4, 0.5) is 4.79 Å². The maximum atomic E-state index is 13.1. The number of rotatable bonds is 3. The zero-order valence-corrected chi connectivity index (χ0v) is 14.7. The van der Waals surface area contributed by atoms with Crippen LogP contribution >= 0.6 is 0 Å². The Balaban J connectivity index is 1.91. The Kier molecular flexibility index (Phi) is 3.92. The molecule has 2 aromatic rings. The van der Waals surface area contributed by atoms with Crippen LogP contribution in [0.1, 0.15) is 32.3 Å². The van der Waals surface area contributed by atoms with E-state index in [4.69, 9.17) is 9.47 Å². The fourth-order valence-corrected chi connectivity index (χ4v) is 3.44. The van der Waals surface area contributed by atoms with Crippen LogP contribution < -0.4 is 20.1 Å². The van der Waals surface area contributed by atoms with Gasteiger partial charge in [-0.3, -0.25) is 9.59 Å². The van der Waals surface area contributed by atoms with Crippen molar-refractivity contribution >= 4 is 17.6 Å². The predicted molar refractivity (Wildman–Crippen MR) is 96.1 cm³/mol. The summed E-state index contributed by atoms with van der Waals surface area (Å²) in [6, 6.07) is 10.3. The molecule has 2 aromatic carbocycles. The molecule has 1 heterocycles. The predicted octanol–water partition coefficient (Wildman–Crippen LogP) is 2.39. The highest BCUT2D eigenvalue weighted by atomic mass is 16.5. The number of nitrogens with one attached hydrogen (secondary N) is 2. The molecule has 7 nitrogen and oxygen atoms in total. The zero-order chi connectivity index (χ0) is 19.1. The van der Waals surface area contributed by atoms with Crippen molar-refractivity contribution in [2.75, 3.05) is 14.2 Å². The highest BCUT2D eigenvalue weighted by Gasteiger charge is 2.41. The maximum Gasteiger partial charge on any atom is 0.320 e. The molecule has 27 heavy (non-hydrogen) atoms. The summed E-state index contributed by atoms with van der Waals surface area (Å²) in [4.78, 5) is 38.2. The van der Waals surface area contributed by atoms with Crippen molar-refractivity contribution in [3.05, 3.63) is 70.4 Å². The van der Waals surface area contributed by atoms with Gasteiger partial charge in [0.15, 0.2) is 5.78 Å². The topological polar surface area (TPSA) is 93.7 Å². The lowest BCUT2D eigenvalue weighted by atomic mass is 9.81. The number of methoxy groups -OCH3 is 2. The Morgan fingerprint density at radius 2 is 1.59 bits per heavy atom. The third-order valence-corrected chi connectivity index (χ3v) is 4.71. The molecule has 7 heteroatoms. The lowest BCUT2D eigenvalue weighted by molar-refractivity contribution is 0.0958. The monoisotopic (exact) mass is 364 g/mol. The molecular formula is C20H16N2O5. The van der Waals surface area contributed by atoms with Crippen molar-refractivity contribution in [3.8, 4) is 11.5 Å². The molecule has 2 N–H and O–H groups in total. The number of urea groups is 1. The van der Waals surface area contributed by atoms with Crippen LogP contribution in [0.2, 0.25) is 0 Å². The van der Waals surface area contributed by atoms with E-state index >= 15 is 0 Å². The molecule has 136 valence electrons. The van der Waals surface area contributed by atoms with Gasteiger partial charge in [0.05, 0.1) is 25.8 Å². The quantitative estimate of drug-likeness (QED) is 0.872. The van der Waals surface area contributed by atoms with Crippen molar-refractivity contribution in [1.29, 1.82) is 0 Å². The number of amides is 2. The van der Waals surface area contributed by atoms with Gasteiger partial charge < -0.3 is 20.1 Å². The van der Waals surface area contributed by atoms with Crippen LogP contribution in [-0.4, -0.2) is 31.8 Å². The minimum atomic E-state index is -0.820. The lowest BCUT2D eigenvalue weighted by Gasteiger charge is -2.32. The second-order valence-corrected chi connectivity index (χ2v) is 6.13. The van der Waals surface area contributed by atoms with E-state index in [0.29, 0.717) is 22.6 Å². The number of carbonyl (C=O) groups excluding carboxylic acids is 3. The van der Waals surface area contributed by atoms with Gasteiger partial charge in [-0.15, -0.1) is 0 Å². The molecule has 0 bridgehead atoms. The van der Waals surface area contributed by atoms with Crippen molar-refractivity contribution in [2.24, 2.45) is 0 Å². The second-order valence-electron chi connectivity index (χ2n) is 6.13. The molecule has 2 aliphatic rings. The smallest absolute Gasteiger partial charge is 0.320 e. The number of benzene rings is 2. The first-order valence-electron chi connectivity index (χ1n) is 8.27. The van der Waals surface area contributed by atoms with Crippen LogP contribution in [0, 0.1) is 0 Å². The Morgan fingerprint density at radius 3 is 2.26 bits per heavy atom. The summed E-state index contributed by atoms with van der Waals surface area (Å²) in [7, 11) is 3.02. The van der Waals surface area contributed by atoms with Crippen molar-refractivity contribution < 1.29 is 23.9 Å². The molecule has 0 saturated carbocycles. The molecule has 1 aliphatic carbocycles. The molecule has 0 aromatic heterocycles. The normalized spacial score (nSPS) is 18.3. The van der Waals surface area contributed by atoms with E-state index in [1.54, 1.807) is 42.5 Å². The summed E-state index contributed by atoms with van der Waals surface area (Å²) in [6.07, 6.45) is 0. The minimum Gasteiger partial charge on any atom is -0.497 e. The van der Waals surface area contributed by atoms with Gasteiger partial charge >= 0.3 is 6.03 Å². The third kappa shape index (κ3) is 2.55. The standard InChI is InChI=1S/C20H16N2O5/c1-26-10-7-8-13(14(9-10)27-2)16-15-17(22-20(25)21-16)19(24)12-6-4-3-5-11(12)18(15)23/h3-9,16H,1-2H3,(H2,21,22,25). The van der Waals surface area contributed by atoms with Crippen LogP contribution in [0.5, 0.6) is 11.5 Å². The first kappa shape index (κ1) is 16.8. The molecule has 1 unspecified atom stereocenters. The summed E-state index contributed by atoms with van der Waals surface area (Å²) in [5.74, 6) is 0.317. The van der Waals surface area contributed by atoms with E-state index < -0.39 is 12.1 Å². The Morgan fingerprint density at radius 1 is 0.889 bits per heavy atom. The van der Waals surface area contributed by atoms with Crippen LogP contribution in [0.15, 0.2) is 53.7 Å². The molecular weight excluding hydrogens is 348 g/mol. The van der Waals surface area contributed by atoms with Gasteiger partial charge in [-0.2, -0.15) is 0 Å². The van der Waals surface area contributed by atoms with Crippen LogP contribution in [-0.2, 0) is 0 Å². The Labute approximate surface area is 155 Å². The third-order valence-electron chi connectivity index (χ3n) is 4.71. The number of hydrogen-bond acceptors (Lipinski definition) is 5. The van der Waals surface area contributed by atoms with Gasteiger partial charge in [-0.25, -0.2) is 4.79 Å². The molecule has 0 radical (unpaired) electrons. The number of ketones is 2. The summed E-state index contributed by atoms with van der Waals surface area (Å²) in [5.41, 5.74) is 1.36. The number of Topliss-reactive ketones (excluding diaryl/α,β-unsaturated/α-hetero) is 2. The number of allylic oxidation sites excluding steroid dienone is 1. The first-order valence-corrected chi connectivity index (χ1v) is 8.27. The zero-order valence-electron chi connectivity index (χ0n) is 14.7. The summed E-state index contributed by atoms with van der Waals surface area (Å²) in [5, 5.41) is 5.22. The molecule has 0 spiro atoms. The molecule has 0 saturated heterocycles. The van der Waals surface area contributed by atoms with Gasteiger partial charge in [-0.05, 0) is 12.1 Å². The lowest BCUT2D eigenvalue weighted by Crippen LogP contribution is -2.49. The van der Waals surface area contributed by atoms with E-state index in [2.05, 4.69) is 10.6 Å². The van der Waals surface area contributed by atoms with Crippen molar-refractivity contribution in [1.82, 2.24) is 10.6 Å². The molecule has 2 amide bonds. The highest BCUT2D eigenvalue weighted by Crippen LogP contribution is 2.39. The van der Waals surface area contributed by atoms with Crippen molar-refractivity contribution in [3.63, 3.8) is 0 Å². The summed E-state index contributed by atoms with van der Waals surface area (Å²) < 4.78 is 10.6. The largest absolute Gasteiger partial charge is 0.497 e. The van der Waals surface area contributed by atoms with E-state index in [-0.39, 0.29) is 28.4 Å². The van der Waals surface area contributed by atoms with Gasteiger partial charge in [0.2, 0.25) is 5.78 Å². The minimum absolute atomic E-state index is 0.00493. The second kappa shape index (κ2) is 6.28. The van der Waals surface area contributed by atoms with Gasteiger partial charge in [-0.1, -0.05) is 24.3 Å². The molecule has 1 atom stereocenters. The van der Waals surface area contributed by atoms with Crippen molar-refractivity contribution in [2.45, 2.75) is 6.04 Å². The molecule has 1 aliphatic heterocycles. The number of hydrogen-bond donors (Lipinski definition) is 2. The number of fused-ring (bicyclic) bond motifs is 1. The number of carbonyl (C=O) groups is 3. The average Bonchev–Trinajstić information content (AvgIpc) is 2.70. The Bertz CT molecular complexity index is 1020. The summed E-state index contributed by atoms with van der Waals surface area (Å²) >= 11 is 0. The van der Waals surface area contributed by atoms with E-state index in [0.717, 1.165) is 0 Å². The Hall–Kier alpha value is -3.61. The maximum absolute atomic E-state index is 13.1. The van der Waals surface area contributed by atoms with Gasteiger partial charge in [0, 0.05) is 22.8 Å². The van der Waals surface area contributed by atoms with E-state index in [1.165, 1.54) is 14.2 Å². The molecule has 4 rings (SSSR count). The highest BCUT2D eigenvalue weighted by molar-refractivity contribution is 6.28. The average molecular weight is 364 g/mol. The SMILES string of the molecule is COc1ccc(C2NC(=O)NC3=C2C(=O)c2ccccc2C3=O)c(OC)c1. The van der Waals surface area contributed by atoms with Crippen LogP contribution in [0.3, 0.4) is 0 Å². The first-order chi connectivity index (χ1) is 13.0. The number of ether oxygens (including phenoxy) is 2. The van der Waals surface area contributed by atoms with Gasteiger partial charge in [0.1, 0.15) is 17.2 Å². The van der Waals surface area contributed by atoms with Crippen LogP contribution in [0.25, 0.3) is 0 Å². The fourth-order valence-electron chi connectivity index (χ4n) is 3.44. The molecule has 0 fully saturated rings. The van der Waals surface area contributed by atoms with E-state index in [9.17, 15) is 14.4 Å².